The van der Waals surface area contributed by atoms with Gasteiger partial charge in [0.15, 0.2) is 5.76 Å². The highest BCUT2D eigenvalue weighted by molar-refractivity contribution is 5.99. The van der Waals surface area contributed by atoms with Crippen LogP contribution in [0.3, 0.4) is 0 Å². The molecule has 2 heterocycles. The second-order valence-electron chi connectivity index (χ2n) is 10.4. The Morgan fingerprint density at radius 3 is 2.39 bits per heavy atom. The van der Waals surface area contributed by atoms with Gasteiger partial charge in [-0.1, -0.05) is 39.0 Å². The largest absolute Gasteiger partial charge is 0.433 e. The average molecular weight is 500 g/mol. The molecule has 1 aromatic carbocycles. The van der Waals surface area contributed by atoms with Crippen LogP contribution in [0.2, 0.25) is 0 Å². The van der Waals surface area contributed by atoms with Crippen LogP contribution < -0.4 is 10.6 Å². The number of oxazole rings is 1. The zero-order valence-corrected chi connectivity index (χ0v) is 21.8. The van der Waals surface area contributed by atoms with Crippen molar-refractivity contribution < 1.29 is 23.5 Å². The Labute approximate surface area is 212 Å². The van der Waals surface area contributed by atoms with Crippen LogP contribution in [0.1, 0.15) is 43.4 Å². The molecule has 10 heteroatoms. The van der Waals surface area contributed by atoms with E-state index in [0.29, 0.717) is 50.9 Å². The molecule has 10 nitrogen and oxygen atoms in total. The molecule has 1 saturated heterocycles. The number of amides is 3. The van der Waals surface area contributed by atoms with E-state index in [4.69, 9.17) is 9.15 Å². The van der Waals surface area contributed by atoms with Gasteiger partial charge in [-0.2, -0.15) is 0 Å². The van der Waals surface area contributed by atoms with Crippen molar-refractivity contribution in [3.05, 3.63) is 41.8 Å². The molecule has 36 heavy (non-hydrogen) atoms. The van der Waals surface area contributed by atoms with Crippen LogP contribution >= 0.6 is 0 Å². The quantitative estimate of drug-likeness (QED) is 0.509. The smallest absolute Gasteiger partial charge is 0.318 e. The molecular formula is C26H37N5O5. The fourth-order valence-electron chi connectivity index (χ4n) is 3.88. The number of hydrogen-bond acceptors (Lipinski definition) is 7. The lowest BCUT2D eigenvalue weighted by molar-refractivity contribution is -0.123. The summed E-state index contributed by atoms with van der Waals surface area (Å²) < 4.78 is 11.2. The molecular weight excluding hydrogens is 462 g/mol. The summed E-state index contributed by atoms with van der Waals surface area (Å²) in [6.45, 7) is 8.00. The number of carbonyl (C=O) groups is 3. The van der Waals surface area contributed by atoms with Gasteiger partial charge in [0.1, 0.15) is 11.7 Å². The number of morpholine rings is 1. The molecule has 1 unspecified atom stereocenters. The van der Waals surface area contributed by atoms with Gasteiger partial charge in [0, 0.05) is 25.2 Å². The molecule has 0 bridgehead atoms. The highest BCUT2D eigenvalue weighted by Gasteiger charge is 2.30. The minimum atomic E-state index is -0.788. The molecule has 3 rings (SSSR count). The normalized spacial score (nSPS) is 15.0. The summed E-state index contributed by atoms with van der Waals surface area (Å²) in [5.74, 6) is -0.334. The number of Topliss-reactive ketones (excluding diaryl/α,β-unsaturated/α-hetero) is 1. The average Bonchev–Trinajstić information content (AvgIpc) is 3.25. The molecule has 2 aromatic rings. The van der Waals surface area contributed by atoms with Crippen molar-refractivity contribution in [1.82, 2.24) is 25.4 Å². The maximum Gasteiger partial charge on any atom is 0.318 e. The van der Waals surface area contributed by atoms with Crippen molar-refractivity contribution in [2.24, 2.45) is 5.41 Å². The van der Waals surface area contributed by atoms with Gasteiger partial charge in [-0.15, -0.1) is 0 Å². The van der Waals surface area contributed by atoms with Crippen molar-refractivity contribution in [2.75, 3.05) is 46.9 Å². The number of aromatic nitrogens is 1. The molecule has 2 N–H and O–H groups in total. The van der Waals surface area contributed by atoms with Gasteiger partial charge in [0.2, 0.25) is 17.6 Å². The van der Waals surface area contributed by atoms with Gasteiger partial charge in [0.25, 0.3) is 0 Å². The number of rotatable bonds is 9. The van der Waals surface area contributed by atoms with Gasteiger partial charge in [-0.3, -0.25) is 9.59 Å². The molecule has 3 amide bonds. The summed E-state index contributed by atoms with van der Waals surface area (Å²) in [6, 6.07) is 8.24. The Morgan fingerprint density at radius 2 is 1.78 bits per heavy atom. The van der Waals surface area contributed by atoms with E-state index < -0.39 is 11.9 Å². The second-order valence-corrected chi connectivity index (χ2v) is 10.4. The Kier molecular flexibility index (Phi) is 9.22. The van der Waals surface area contributed by atoms with Crippen molar-refractivity contribution >= 4 is 17.7 Å². The highest BCUT2D eigenvalue weighted by atomic mass is 16.5. The SMILES string of the molecule is CN(C)Cc1nc(-c2ccccc2)oc1C(=O)CNC(=O)C(CC(C)(C)C)NC(=O)N1CCOCC1. The van der Waals surface area contributed by atoms with Crippen LogP contribution in [0.5, 0.6) is 0 Å². The molecule has 1 aliphatic rings. The highest BCUT2D eigenvalue weighted by Crippen LogP contribution is 2.24. The van der Waals surface area contributed by atoms with Gasteiger partial charge >= 0.3 is 6.03 Å². The van der Waals surface area contributed by atoms with Gasteiger partial charge < -0.3 is 29.6 Å². The third kappa shape index (κ3) is 7.89. The van der Waals surface area contributed by atoms with E-state index in [-0.39, 0.29) is 29.5 Å². The molecule has 1 fully saturated rings. The molecule has 1 aliphatic heterocycles. The third-order valence-electron chi connectivity index (χ3n) is 5.59. The molecule has 0 spiro atoms. The zero-order valence-electron chi connectivity index (χ0n) is 21.8. The maximum atomic E-state index is 13.1. The summed E-state index contributed by atoms with van der Waals surface area (Å²) in [6.07, 6.45) is 0.412. The fraction of sp³-hybridized carbons (Fsp3) is 0.538. The molecule has 0 aliphatic carbocycles. The van der Waals surface area contributed by atoms with E-state index in [2.05, 4.69) is 15.6 Å². The van der Waals surface area contributed by atoms with E-state index in [1.54, 1.807) is 4.90 Å². The predicted molar refractivity (Wildman–Crippen MR) is 135 cm³/mol. The minimum absolute atomic E-state index is 0.118. The lowest BCUT2D eigenvalue weighted by atomic mass is 9.87. The maximum absolute atomic E-state index is 13.1. The summed E-state index contributed by atoms with van der Waals surface area (Å²) >= 11 is 0. The molecule has 0 saturated carbocycles. The minimum Gasteiger partial charge on any atom is -0.433 e. The fourth-order valence-corrected chi connectivity index (χ4v) is 3.88. The first-order valence-corrected chi connectivity index (χ1v) is 12.2. The molecule has 0 radical (unpaired) electrons. The summed E-state index contributed by atoms with van der Waals surface area (Å²) in [5.41, 5.74) is 1.04. The van der Waals surface area contributed by atoms with Gasteiger partial charge in [-0.05, 0) is 38.1 Å². The van der Waals surface area contributed by atoms with E-state index >= 15 is 0 Å². The van der Waals surface area contributed by atoms with Crippen LogP contribution in [-0.2, 0) is 16.1 Å². The lowest BCUT2D eigenvalue weighted by Crippen LogP contribution is -2.54. The van der Waals surface area contributed by atoms with E-state index in [9.17, 15) is 14.4 Å². The van der Waals surface area contributed by atoms with Crippen molar-refractivity contribution in [1.29, 1.82) is 0 Å². The number of nitrogens with zero attached hydrogens (tertiary/aromatic N) is 3. The van der Waals surface area contributed by atoms with Crippen LogP contribution in [0.4, 0.5) is 4.79 Å². The van der Waals surface area contributed by atoms with Crippen LogP contribution in [-0.4, -0.2) is 85.5 Å². The third-order valence-corrected chi connectivity index (χ3v) is 5.59. The second kappa shape index (κ2) is 12.1. The summed E-state index contributed by atoms with van der Waals surface area (Å²) in [5, 5.41) is 5.53. The Balaban J connectivity index is 1.70. The predicted octanol–water partition coefficient (Wildman–Crippen LogP) is 2.55. The Bertz CT molecular complexity index is 1040. The molecule has 1 atom stereocenters. The number of hydrogen-bond donors (Lipinski definition) is 2. The molecule has 1 aromatic heterocycles. The number of ketones is 1. The van der Waals surface area contributed by atoms with Crippen molar-refractivity contribution in [3.63, 3.8) is 0 Å². The zero-order chi connectivity index (χ0) is 26.3. The van der Waals surface area contributed by atoms with Crippen LogP contribution in [0, 0.1) is 5.41 Å². The first-order chi connectivity index (χ1) is 17.0. The van der Waals surface area contributed by atoms with Crippen molar-refractivity contribution in [2.45, 2.75) is 39.8 Å². The van der Waals surface area contributed by atoms with E-state index in [0.717, 1.165) is 5.56 Å². The Hall–Kier alpha value is -3.24. The molecule has 196 valence electrons. The standard InChI is InChI=1S/C26H37N5O5/c1-26(2,3)15-19(29-25(34)31-11-13-35-14-12-31)23(33)27-16-21(32)22-20(17-30(4)5)28-24(36-22)18-9-7-6-8-10-18/h6-10,19H,11-17H2,1-5H3,(H,27,33)(H,29,34). The van der Waals surface area contributed by atoms with Crippen LogP contribution in [0.25, 0.3) is 11.5 Å². The monoisotopic (exact) mass is 499 g/mol. The van der Waals surface area contributed by atoms with Crippen LogP contribution in [0.15, 0.2) is 34.7 Å². The number of ether oxygens (including phenoxy) is 1. The summed E-state index contributed by atoms with van der Waals surface area (Å²) in [7, 11) is 3.75. The van der Waals surface area contributed by atoms with Crippen molar-refractivity contribution in [3.8, 4) is 11.5 Å². The first-order valence-electron chi connectivity index (χ1n) is 12.2. The topological polar surface area (TPSA) is 117 Å². The lowest BCUT2D eigenvalue weighted by Gasteiger charge is -2.31. The first kappa shape index (κ1) is 27.3. The van der Waals surface area contributed by atoms with Gasteiger partial charge in [0.05, 0.1) is 19.8 Å². The number of urea groups is 1. The number of nitrogens with one attached hydrogen (secondary N) is 2. The van der Waals surface area contributed by atoms with E-state index in [1.165, 1.54) is 0 Å². The Morgan fingerprint density at radius 1 is 1.11 bits per heavy atom. The summed E-state index contributed by atoms with van der Waals surface area (Å²) in [4.78, 5) is 47.0. The van der Waals surface area contributed by atoms with E-state index in [1.807, 2.05) is 70.1 Å². The number of carbonyl (C=O) groups excluding carboxylic acids is 3. The van der Waals surface area contributed by atoms with Gasteiger partial charge in [-0.25, -0.2) is 9.78 Å². The number of benzene rings is 1.